The molecule has 0 saturated carbocycles. The zero-order chi connectivity index (χ0) is 13.1. The molecule has 0 bridgehead atoms. The number of aryl methyl sites for hydroxylation is 1. The highest BCUT2D eigenvalue weighted by Gasteiger charge is 2.21. The standard InChI is InChI=1S/C12H21N5O/c1-9-4-3-5-17(7-9)8-11-10(12(18)15-13)6-14-16(11)2/h6,9H,3-5,7-8,13H2,1-2H3,(H,15,18)/t9-/m1/s1. The van der Waals surface area contributed by atoms with Crippen LogP contribution in [0.2, 0.25) is 0 Å². The van der Waals surface area contributed by atoms with Crippen molar-refractivity contribution >= 4 is 5.91 Å². The van der Waals surface area contributed by atoms with E-state index in [1.807, 2.05) is 7.05 Å². The first kappa shape index (κ1) is 13.0. The molecule has 1 fully saturated rings. The van der Waals surface area contributed by atoms with Gasteiger partial charge >= 0.3 is 0 Å². The molecule has 0 aliphatic carbocycles. The van der Waals surface area contributed by atoms with Gasteiger partial charge in [0.15, 0.2) is 0 Å². The quantitative estimate of drug-likeness (QED) is 0.459. The molecule has 1 atom stereocenters. The molecule has 1 saturated heterocycles. The molecule has 3 N–H and O–H groups in total. The van der Waals surface area contributed by atoms with Crippen molar-refractivity contribution in [2.75, 3.05) is 13.1 Å². The van der Waals surface area contributed by atoms with Crippen LogP contribution in [0.25, 0.3) is 0 Å². The maximum atomic E-state index is 11.6. The average molecular weight is 251 g/mol. The van der Waals surface area contributed by atoms with Gasteiger partial charge in [-0.15, -0.1) is 0 Å². The normalized spacial score (nSPS) is 20.9. The third-order valence-electron chi connectivity index (χ3n) is 3.55. The summed E-state index contributed by atoms with van der Waals surface area (Å²) in [6.45, 7) is 5.18. The van der Waals surface area contributed by atoms with Gasteiger partial charge in [-0.05, 0) is 25.3 Å². The van der Waals surface area contributed by atoms with Crippen LogP contribution in [0.5, 0.6) is 0 Å². The minimum Gasteiger partial charge on any atom is -0.297 e. The fourth-order valence-corrected chi connectivity index (χ4v) is 2.56. The molecule has 0 aromatic carbocycles. The number of carbonyl (C=O) groups excluding carboxylic acids is 1. The molecule has 2 heterocycles. The van der Waals surface area contributed by atoms with Gasteiger partial charge in [-0.2, -0.15) is 5.10 Å². The summed E-state index contributed by atoms with van der Waals surface area (Å²) in [6, 6.07) is 0. The van der Waals surface area contributed by atoms with Gasteiger partial charge in [0, 0.05) is 20.1 Å². The van der Waals surface area contributed by atoms with Crippen LogP contribution in [0.3, 0.4) is 0 Å². The van der Waals surface area contributed by atoms with Gasteiger partial charge in [-0.25, -0.2) is 5.84 Å². The van der Waals surface area contributed by atoms with Crippen LogP contribution in [0.4, 0.5) is 0 Å². The van der Waals surface area contributed by atoms with E-state index in [0.29, 0.717) is 5.56 Å². The fourth-order valence-electron chi connectivity index (χ4n) is 2.56. The van der Waals surface area contributed by atoms with Crippen LogP contribution in [0.1, 0.15) is 35.8 Å². The first-order chi connectivity index (χ1) is 8.61. The molecular formula is C12H21N5O. The van der Waals surface area contributed by atoms with E-state index in [0.717, 1.165) is 31.2 Å². The summed E-state index contributed by atoms with van der Waals surface area (Å²) < 4.78 is 1.75. The number of hydrogen-bond donors (Lipinski definition) is 2. The van der Waals surface area contributed by atoms with Crippen LogP contribution < -0.4 is 11.3 Å². The highest BCUT2D eigenvalue weighted by atomic mass is 16.2. The van der Waals surface area contributed by atoms with Gasteiger partial charge in [-0.3, -0.25) is 19.8 Å². The molecule has 1 aliphatic heterocycles. The summed E-state index contributed by atoms with van der Waals surface area (Å²) in [5.41, 5.74) is 3.66. The molecule has 1 amide bonds. The van der Waals surface area contributed by atoms with Crippen molar-refractivity contribution in [2.24, 2.45) is 18.8 Å². The molecule has 0 radical (unpaired) electrons. The first-order valence-corrected chi connectivity index (χ1v) is 6.36. The second kappa shape index (κ2) is 5.49. The van der Waals surface area contributed by atoms with Crippen LogP contribution >= 0.6 is 0 Å². The molecule has 1 aliphatic rings. The second-order valence-corrected chi connectivity index (χ2v) is 5.08. The monoisotopic (exact) mass is 251 g/mol. The zero-order valence-electron chi connectivity index (χ0n) is 11.0. The maximum absolute atomic E-state index is 11.6. The Labute approximate surface area is 107 Å². The number of rotatable bonds is 3. The largest absolute Gasteiger partial charge is 0.297 e. The number of hydrazine groups is 1. The second-order valence-electron chi connectivity index (χ2n) is 5.08. The van der Waals surface area contributed by atoms with Crippen LogP contribution in [0.15, 0.2) is 6.20 Å². The lowest BCUT2D eigenvalue weighted by Gasteiger charge is -2.30. The molecule has 2 rings (SSSR count). The van der Waals surface area contributed by atoms with E-state index in [4.69, 9.17) is 5.84 Å². The minimum absolute atomic E-state index is 0.275. The summed E-state index contributed by atoms with van der Waals surface area (Å²) in [7, 11) is 1.86. The van der Waals surface area contributed by atoms with Gasteiger partial charge in [0.25, 0.3) is 5.91 Å². The van der Waals surface area contributed by atoms with Crippen LogP contribution in [-0.4, -0.2) is 33.7 Å². The van der Waals surface area contributed by atoms with Gasteiger partial charge in [0.1, 0.15) is 0 Å². The lowest BCUT2D eigenvalue weighted by molar-refractivity contribution is 0.0950. The van der Waals surface area contributed by atoms with Crippen molar-refractivity contribution in [3.05, 3.63) is 17.5 Å². The third kappa shape index (κ3) is 2.70. The van der Waals surface area contributed by atoms with Gasteiger partial charge in [0.05, 0.1) is 17.5 Å². The predicted octanol–water partition coefficient (Wildman–Crippen LogP) is 0.256. The number of nitrogens with two attached hydrogens (primary N) is 1. The molecular weight excluding hydrogens is 230 g/mol. The number of amides is 1. The summed E-state index contributed by atoms with van der Waals surface area (Å²) in [5.74, 6) is 5.63. The van der Waals surface area contributed by atoms with E-state index < -0.39 is 0 Å². The number of nitrogen functional groups attached to an aromatic ring is 1. The van der Waals surface area contributed by atoms with E-state index in [1.54, 1.807) is 10.9 Å². The Morgan fingerprint density at radius 1 is 1.67 bits per heavy atom. The van der Waals surface area contributed by atoms with Crippen LogP contribution in [-0.2, 0) is 13.6 Å². The lowest BCUT2D eigenvalue weighted by atomic mass is 10.00. The molecule has 0 unspecified atom stereocenters. The Hall–Kier alpha value is -1.40. The van der Waals surface area contributed by atoms with Gasteiger partial charge in [0.2, 0.25) is 0 Å². The SMILES string of the molecule is C[C@@H]1CCCN(Cc2c(C(=O)NN)cnn2C)C1. The van der Waals surface area contributed by atoms with E-state index in [9.17, 15) is 4.79 Å². The van der Waals surface area contributed by atoms with Gasteiger partial charge < -0.3 is 0 Å². The Balaban J connectivity index is 2.12. The molecule has 18 heavy (non-hydrogen) atoms. The van der Waals surface area contributed by atoms with E-state index in [-0.39, 0.29) is 5.91 Å². The Morgan fingerprint density at radius 2 is 2.44 bits per heavy atom. The molecule has 6 nitrogen and oxygen atoms in total. The molecule has 0 spiro atoms. The molecule has 6 heteroatoms. The number of piperidine rings is 1. The van der Waals surface area contributed by atoms with E-state index in [2.05, 4.69) is 22.3 Å². The topological polar surface area (TPSA) is 76.2 Å². The van der Waals surface area contributed by atoms with E-state index >= 15 is 0 Å². The number of nitrogens with one attached hydrogen (secondary N) is 1. The Morgan fingerprint density at radius 3 is 3.11 bits per heavy atom. The van der Waals surface area contributed by atoms with Gasteiger partial charge in [-0.1, -0.05) is 6.92 Å². The summed E-state index contributed by atoms with van der Waals surface area (Å²) in [6.07, 6.45) is 4.08. The van der Waals surface area contributed by atoms with Crippen molar-refractivity contribution in [2.45, 2.75) is 26.3 Å². The summed E-state index contributed by atoms with van der Waals surface area (Å²) >= 11 is 0. The number of likely N-dealkylation sites (tertiary alicyclic amines) is 1. The number of aromatic nitrogens is 2. The number of carbonyl (C=O) groups is 1. The van der Waals surface area contributed by atoms with Crippen molar-refractivity contribution in [3.8, 4) is 0 Å². The zero-order valence-corrected chi connectivity index (χ0v) is 11.0. The van der Waals surface area contributed by atoms with Crippen molar-refractivity contribution < 1.29 is 4.79 Å². The molecule has 1 aromatic rings. The number of nitrogens with zero attached hydrogens (tertiary/aromatic N) is 3. The highest BCUT2D eigenvalue weighted by Crippen LogP contribution is 2.19. The Bertz CT molecular complexity index is 428. The number of hydrogen-bond acceptors (Lipinski definition) is 4. The summed E-state index contributed by atoms with van der Waals surface area (Å²) in [4.78, 5) is 14.0. The Kier molecular flexibility index (Phi) is 3.98. The highest BCUT2D eigenvalue weighted by molar-refractivity contribution is 5.94. The average Bonchev–Trinajstić information content (AvgIpc) is 2.70. The first-order valence-electron chi connectivity index (χ1n) is 6.36. The summed E-state index contributed by atoms with van der Waals surface area (Å²) in [5, 5.41) is 4.14. The van der Waals surface area contributed by atoms with Crippen LogP contribution in [0, 0.1) is 5.92 Å². The van der Waals surface area contributed by atoms with Crippen molar-refractivity contribution in [1.29, 1.82) is 0 Å². The smallest absolute Gasteiger partial charge is 0.268 e. The fraction of sp³-hybridized carbons (Fsp3) is 0.667. The molecule has 1 aromatic heterocycles. The third-order valence-corrected chi connectivity index (χ3v) is 3.55. The maximum Gasteiger partial charge on any atom is 0.268 e. The van der Waals surface area contributed by atoms with E-state index in [1.165, 1.54) is 12.8 Å². The lowest BCUT2D eigenvalue weighted by Crippen LogP contribution is -2.36. The van der Waals surface area contributed by atoms with Crippen molar-refractivity contribution in [3.63, 3.8) is 0 Å². The van der Waals surface area contributed by atoms with Crippen molar-refractivity contribution in [1.82, 2.24) is 20.1 Å². The molecule has 100 valence electrons. The predicted molar refractivity (Wildman–Crippen MR) is 68.5 cm³/mol. The minimum atomic E-state index is -0.275.